The van der Waals surface area contributed by atoms with E-state index in [9.17, 15) is 0 Å². The summed E-state index contributed by atoms with van der Waals surface area (Å²) in [6.45, 7) is 2.94. The Morgan fingerprint density at radius 2 is 1.85 bits per heavy atom. The molecule has 0 radical (unpaired) electrons. The van der Waals surface area contributed by atoms with Gasteiger partial charge in [-0.15, -0.1) is 0 Å². The lowest BCUT2D eigenvalue weighted by molar-refractivity contribution is 0.414. The third kappa shape index (κ3) is 3.83. The highest BCUT2D eigenvalue weighted by atomic mass is 32.2. The Bertz CT molecular complexity index is 1060. The molecule has 0 bridgehead atoms. The number of aromatic nitrogens is 3. The average molecular weight is 375 g/mol. The monoisotopic (exact) mass is 375 g/mol. The van der Waals surface area contributed by atoms with Crippen LogP contribution >= 0.6 is 11.8 Å². The van der Waals surface area contributed by atoms with Crippen molar-refractivity contribution in [3.05, 3.63) is 83.7 Å². The van der Waals surface area contributed by atoms with Crippen molar-refractivity contribution in [3.8, 4) is 5.75 Å². The fraction of sp³-hybridized carbons (Fsp3) is 0.182. The molecule has 2 aromatic carbocycles. The van der Waals surface area contributed by atoms with Gasteiger partial charge in [0, 0.05) is 11.9 Å². The van der Waals surface area contributed by atoms with E-state index in [0.717, 1.165) is 34.2 Å². The molecule has 0 saturated carbocycles. The molecule has 2 heterocycles. The lowest BCUT2D eigenvalue weighted by Gasteiger charge is -2.11. The first-order valence-electron chi connectivity index (χ1n) is 8.85. The van der Waals surface area contributed by atoms with Crippen LogP contribution in [-0.4, -0.2) is 21.6 Å². The van der Waals surface area contributed by atoms with Gasteiger partial charge in [0.05, 0.1) is 30.9 Å². The Labute approximate surface area is 163 Å². The summed E-state index contributed by atoms with van der Waals surface area (Å²) in [5, 5.41) is 1.01. The number of benzene rings is 2. The number of fused-ring (bicyclic) bond motifs is 1. The number of pyridine rings is 1. The molecule has 0 fully saturated rings. The van der Waals surface area contributed by atoms with Crippen LogP contribution in [-0.2, 0) is 12.3 Å². The summed E-state index contributed by atoms with van der Waals surface area (Å²) < 4.78 is 7.50. The Kier molecular flexibility index (Phi) is 5.12. The molecule has 136 valence electrons. The van der Waals surface area contributed by atoms with Crippen LogP contribution in [0.15, 0.2) is 72.1 Å². The fourth-order valence-corrected chi connectivity index (χ4v) is 4.01. The summed E-state index contributed by atoms with van der Waals surface area (Å²) in [4.78, 5) is 9.15. The smallest absolute Gasteiger partial charge is 0.169 e. The lowest BCUT2D eigenvalue weighted by atomic mass is 10.1. The van der Waals surface area contributed by atoms with Crippen LogP contribution in [0.5, 0.6) is 5.75 Å². The molecule has 0 spiro atoms. The fourth-order valence-electron chi connectivity index (χ4n) is 3.04. The first-order chi connectivity index (χ1) is 13.2. The second-order valence-corrected chi connectivity index (χ2v) is 7.35. The maximum absolute atomic E-state index is 5.24. The molecule has 4 nitrogen and oxygen atoms in total. The Balaban J connectivity index is 1.64. The number of methoxy groups -OCH3 is 1. The largest absolute Gasteiger partial charge is 0.497 e. The van der Waals surface area contributed by atoms with Gasteiger partial charge in [0.2, 0.25) is 0 Å². The number of thioether (sulfide) groups is 1. The van der Waals surface area contributed by atoms with E-state index >= 15 is 0 Å². The number of hydrogen-bond acceptors (Lipinski definition) is 4. The molecule has 0 amide bonds. The van der Waals surface area contributed by atoms with Crippen LogP contribution < -0.4 is 4.74 Å². The van der Waals surface area contributed by atoms with Crippen LogP contribution in [0.2, 0.25) is 0 Å². The van der Waals surface area contributed by atoms with Crippen molar-refractivity contribution < 1.29 is 4.74 Å². The third-order valence-electron chi connectivity index (χ3n) is 4.63. The second kappa shape index (κ2) is 7.84. The normalized spacial score (nSPS) is 11.0. The number of aryl methyl sites for hydroxylation is 1. The van der Waals surface area contributed by atoms with Crippen molar-refractivity contribution in [1.82, 2.24) is 14.5 Å². The molecule has 0 unspecified atom stereocenters. The molecule has 2 aromatic heterocycles. The summed E-state index contributed by atoms with van der Waals surface area (Å²) in [6, 6.07) is 18.7. The minimum absolute atomic E-state index is 0.791. The predicted molar refractivity (Wildman–Crippen MR) is 110 cm³/mol. The van der Waals surface area contributed by atoms with Gasteiger partial charge in [0.15, 0.2) is 5.16 Å². The van der Waals surface area contributed by atoms with Gasteiger partial charge in [-0.25, -0.2) is 4.98 Å². The van der Waals surface area contributed by atoms with Crippen molar-refractivity contribution in [2.24, 2.45) is 0 Å². The van der Waals surface area contributed by atoms with Gasteiger partial charge in [-0.3, -0.25) is 4.98 Å². The van der Waals surface area contributed by atoms with E-state index in [4.69, 9.17) is 9.72 Å². The van der Waals surface area contributed by atoms with Gasteiger partial charge < -0.3 is 9.30 Å². The first-order valence-corrected chi connectivity index (χ1v) is 9.83. The summed E-state index contributed by atoms with van der Waals surface area (Å²) in [6.07, 6.45) is 3.70. The zero-order valence-corrected chi connectivity index (χ0v) is 16.2. The molecule has 0 aliphatic carbocycles. The summed E-state index contributed by atoms with van der Waals surface area (Å²) in [5.41, 5.74) is 5.88. The SMILES string of the molecule is COc1ccc(CSc2nc3ccncc3n2Cc2ccccc2C)cc1. The van der Waals surface area contributed by atoms with E-state index < -0.39 is 0 Å². The zero-order chi connectivity index (χ0) is 18.6. The highest BCUT2D eigenvalue weighted by Crippen LogP contribution is 2.28. The van der Waals surface area contributed by atoms with Crippen molar-refractivity contribution in [2.45, 2.75) is 24.4 Å². The molecule has 4 aromatic rings. The number of ether oxygens (including phenoxy) is 1. The van der Waals surface area contributed by atoms with Gasteiger partial charge in [-0.1, -0.05) is 48.2 Å². The minimum atomic E-state index is 0.791. The van der Waals surface area contributed by atoms with Gasteiger partial charge in [0.1, 0.15) is 5.75 Å². The average Bonchev–Trinajstić information content (AvgIpc) is 3.06. The molecule has 5 heteroatoms. The minimum Gasteiger partial charge on any atom is -0.497 e. The van der Waals surface area contributed by atoms with Crippen LogP contribution in [0.25, 0.3) is 11.0 Å². The molecule has 0 saturated heterocycles. The molecule has 27 heavy (non-hydrogen) atoms. The van der Waals surface area contributed by atoms with E-state index in [-0.39, 0.29) is 0 Å². The highest BCUT2D eigenvalue weighted by Gasteiger charge is 2.13. The lowest BCUT2D eigenvalue weighted by Crippen LogP contribution is -2.03. The summed E-state index contributed by atoms with van der Waals surface area (Å²) >= 11 is 1.75. The van der Waals surface area contributed by atoms with E-state index in [1.165, 1.54) is 16.7 Å². The van der Waals surface area contributed by atoms with E-state index in [1.54, 1.807) is 25.1 Å². The van der Waals surface area contributed by atoms with Crippen LogP contribution in [0.4, 0.5) is 0 Å². The van der Waals surface area contributed by atoms with Gasteiger partial charge in [0.25, 0.3) is 0 Å². The number of rotatable bonds is 6. The molecule has 4 rings (SSSR count). The predicted octanol–water partition coefficient (Wildman–Crippen LogP) is 5.09. The van der Waals surface area contributed by atoms with Crippen molar-refractivity contribution >= 4 is 22.8 Å². The van der Waals surface area contributed by atoms with E-state index in [0.29, 0.717) is 0 Å². The first kappa shape index (κ1) is 17.6. The van der Waals surface area contributed by atoms with Gasteiger partial charge >= 0.3 is 0 Å². The zero-order valence-electron chi connectivity index (χ0n) is 15.4. The maximum Gasteiger partial charge on any atom is 0.169 e. The summed E-state index contributed by atoms with van der Waals surface area (Å²) in [5.74, 6) is 1.73. The molecular formula is C22H21N3OS. The van der Waals surface area contributed by atoms with Gasteiger partial charge in [-0.2, -0.15) is 0 Å². The van der Waals surface area contributed by atoms with Crippen LogP contribution in [0.3, 0.4) is 0 Å². The van der Waals surface area contributed by atoms with Gasteiger partial charge in [-0.05, 0) is 41.8 Å². The summed E-state index contributed by atoms with van der Waals surface area (Å²) in [7, 11) is 1.69. The van der Waals surface area contributed by atoms with Crippen molar-refractivity contribution in [1.29, 1.82) is 0 Å². The molecule has 0 N–H and O–H groups in total. The maximum atomic E-state index is 5.24. The Morgan fingerprint density at radius 3 is 2.63 bits per heavy atom. The van der Waals surface area contributed by atoms with Crippen molar-refractivity contribution in [2.75, 3.05) is 7.11 Å². The molecular weight excluding hydrogens is 354 g/mol. The Hall–Kier alpha value is -2.79. The van der Waals surface area contributed by atoms with Crippen LogP contribution in [0, 0.1) is 6.92 Å². The highest BCUT2D eigenvalue weighted by molar-refractivity contribution is 7.98. The van der Waals surface area contributed by atoms with E-state index in [1.807, 2.05) is 24.4 Å². The second-order valence-electron chi connectivity index (χ2n) is 6.41. The topological polar surface area (TPSA) is 39.9 Å². The van der Waals surface area contributed by atoms with Crippen molar-refractivity contribution in [3.63, 3.8) is 0 Å². The Morgan fingerprint density at radius 1 is 1.04 bits per heavy atom. The third-order valence-corrected chi connectivity index (χ3v) is 5.68. The molecule has 0 atom stereocenters. The molecule has 0 aliphatic rings. The number of hydrogen-bond donors (Lipinski definition) is 0. The standard InChI is InChI=1S/C22H21N3OS/c1-16-5-3-4-6-18(16)14-25-21-13-23-12-11-20(21)24-22(25)27-15-17-7-9-19(26-2)10-8-17/h3-13H,14-15H2,1-2H3. The quantitative estimate of drug-likeness (QED) is 0.440. The number of imidazole rings is 1. The van der Waals surface area contributed by atoms with Crippen LogP contribution in [0.1, 0.15) is 16.7 Å². The number of nitrogens with zero attached hydrogens (tertiary/aromatic N) is 3. The van der Waals surface area contributed by atoms with E-state index in [2.05, 4.69) is 52.9 Å². The molecule has 0 aliphatic heterocycles.